The van der Waals surface area contributed by atoms with E-state index in [1.807, 2.05) is 24.3 Å². The van der Waals surface area contributed by atoms with Gasteiger partial charge >= 0.3 is 10.3 Å². The Morgan fingerprint density at radius 1 is 1.42 bits per heavy atom. The Hall–Kier alpha value is -0.260. The van der Waals surface area contributed by atoms with Crippen LogP contribution in [0.5, 0.6) is 0 Å². The van der Waals surface area contributed by atoms with E-state index in [-0.39, 0.29) is 6.79 Å². The monoisotopic (exact) mass is 401 g/mol. The zero-order chi connectivity index (χ0) is 14.5. The van der Waals surface area contributed by atoms with Gasteiger partial charge in [0, 0.05) is 10.7 Å². The van der Waals surface area contributed by atoms with Gasteiger partial charge < -0.3 is 9.47 Å². The first-order valence-electron chi connectivity index (χ1n) is 5.45. The highest BCUT2D eigenvalue weighted by atomic mass is 127. The van der Waals surface area contributed by atoms with Crippen LogP contribution in [0.1, 0.15) is 18.6 Å². The predicted octanol–water partition coefficient (Wildman–Crippen LogP) is 1.73. The van der Waals surface area contributed by atoms with Gasteiger partial charge in [0.1, 0.15) is 12.9 Å². The van der Waals surface area contributed by atoms with E-state index >= 15 is 0 Å². The van der Waals surface area contributed by atoms with Gasteiger partial charge in [0.15, 0.2) is 0 Å². The SMILES string of the molecule is COCO[C@H](c1ccccc1I)[C@@H](C)NS(=O)(=O)O. The van der Waals surface area contributed by atoms with Gasteiger partial charge in [-0.1, -0.05) is 18.2 Å². The number of rotatable bonds is 7. The number of nitrogens with one attached hydrogen (secondary N) is 1. The summed E-state index contributed by atoms with van der Waals surface area (Å²) in [6.45, 7) is 1.63. The van der Waals surface area contributed by atoms with Crippen LogP contribution in [-0.4, -0.2) is 32.9 Å². The molecule has 108 valence electrons. The van der Waals surface area contributed by atoms with Crippen molar-refractivity contribution in [1.29, 1.82) is 0 Å². The summed E-state index contributed by atoms with van der Waals surface area (Å²) >= 11 is 2.14. The number of hydrogen-bond acceptors (Lipinski definition) is 4. The van der Waals surface area contributed by atoms with Crippen LogP contribution < -0.4 is 4.72 Å². The van der Waals surface area contributed by atoms with Crippen molar-refractivity contribution in [3.63, 3.8) is 0 Å². The Morgan fingerprint density at radius 2 is 2.05 bits per heavy atom. The fourth-order valence-electron chi connectivity index (χ4n) is 1.65. The molecule has 0 saturated heterocycles. The molecule has 6 nitrogen and oxygen atoms in total. The smallest absolute Gasteiger partial charge is 0.333 e. The number of hydrogen-bond donors (Lipinski definition) is 2. The molecule has 0 aliphatic heterocycles. The molecule has 0 heterocycles. The summed E-state index contributed by atoms with van der Waals surface area (Å²) in [5, 5.41) is 0. The minimum atomic E-state index is -4.29. The molecular weight excluding hydrogens is 385 g/mol. The maximum Gasteiger partial charge on any atom is 0.333 e. The summed E-state index contributed by atoms with van der Waals surface area (Å²) in [4.78, 5) is 0. The molecule has 0 unspecified atom stereocenters. The zero-order valence-corrected chi connectivity index (χ0v) is 13.5. The first-order valence-corrected chi connectivity index (χ1v) is 7.96. The van der Waals surface area contributed by atoms with Crippen LogP contribution in [0.2, 0.25) is 0 Å². The van der Waals surface area contributed by atoms with Gasteiger partial charge in [0.2, 0.25) is 0 Å². The van der Waals surface area contributed by atoms with Crippen LogP contribution in [0.4, 0.5) is 0 Å². The van der Waals surface area contributed by atoms with E-state index < -0.39 is 22.4 Å². The van der Waals surface area contributed by atoms with Crippen LogP contribution in [0.3, 0.4) is 0 Å². The first kappa shape index (κ1) is 16.8. The van der Waals surface area contributed by atoms with Crippen molar-refractivity contribution in [3.8, 4) is 0 Å². The van der Waals surface area contributed by atoms with Gasteiger partial charge in [0.05, 0.1) is 6.04 Å². The van der Waals surface area contributed by atoms with Gasteiger partial charge in [-0.3, -0.25) is 4.55 Å². The molecule has 1 aromatic carbocycles. The lowest BCUT2D eigenvalue weighted by atomic mass is 10.0. The van der Waals surface area contributed by atoms with Crippen LogP contribution in [0.15, 0.2) is 24.3 Å². The average molecular weight is 401 g/mol. The Balaban J connectivity index is 2.97. The van der Waals surface area contributed by atoms with Crippen molar-refractivity contribution in [1.82, 2.24) is 4.72 Å². The first-order chi connectivity index (χ1) is 8.85. The minimum Gasteiger partial charge on any atom is -0.359 e. The molecule has 2 N–H and O–H groups in total. The van der Waals surface area contributed by atoms with E-state index in [9.17, 15) is 8.42 Å². The average Bonchev–Trinajstić information content (AvgIpc) is 2.29. The molecule has 0 aliphatic carbocycles. The third kappa shape index (κ3) is 5.71. The third-order valence-corrected chi connectivity index (χ3v) is 4.02. The van der Waals surface area contributed by atoms with Crippen molar-refractivity contribution in [3.05, 3.63) is 33.4 Å². The van der Waals surface area contributed by atoms with Gasteiger partial charge in [-0.05, 0) is 41.1 Å². The lowest BCUT2D eigenvalue weighted by molar-refractivity contribution is -0.0817. The second-order valence-corrected chi connectivity index (χ2v) is 6.24. The molecule has 0 spiro atoms. The summed E-state index contributed by atoms with van der Waals surface area (Å²) in [6, 6.07) is 6.80. The van der Waals surface area contributed by atoms with Crippen molar-refractivity contribution in [2.75, 3.05) is 13.9 Å². The van der Waals surface area contributed by atoms with Crippen molar-refractivity contribution in [2.45, 2.75) is 19.1 Å². The normalized spacial score (nSPS) is 15.2. The number of methoxy groups -OCH3 is 1. The molecule has 0 aliphatic rings. The summed E-state index contributed by atoms with van der Waals surface area (Å²) < 4.78 is 44.0. The van der Waals surface area contributed by atoms with E-state index in [4.69, 9.17) is 14.0 Å². The molecule has 0 saturated carbocycles. The van der Waals surface area contributed by atoms with E-state index in [1.165, 1.54) is 7.11 Å². The van der Waals surface area contributed by atoms with Gasteiger partial charge in [-0.25, -0.2) is 0 Å². The summed E-state index contributed by atoms with van der Waals surface area (Å²) in [5.41, 5.74) is 0.823. The Bertz CT molecular complexity index is 508. The third-order valence-electron chi connectivity index (χ3n) is 2.37. The van der Waals surface area contributed by atoms with E-state index in [0.29, 0.717) is 0 Å². The number of ether oxygens (including phenoxy) is 2. The van der Waals surface area contributed by atoms with E-state index in [1.54, 1.807) is 6.92 Å². The number of halogens is 1. The standard InChI is InChI=1S/C11H16INO5S/c1-8(13-19(14,15)16)11(18-7-17-2)9-5-3-4-6-10(9)12/h3-6,8,11,13H,7H2,1-2H3,(H,14,15,16)/t8-,11+/m1/s1. The molecular formula is C11H16INO5S. The largest absolute Gasteiger partial charge is 0.359 e. The van der Waals surface area contributed by atoms with Crippen molar-refractivity contribution in [2.24, 2.45) is 0 Å². The highest BCUT2D eigenvalue weighted by molar-refractivity contribution is 14.1. The second kappa shape index (κ2) is 7.50. The minimum absolute atomic E-state index is 0.0210. The van der Waals surface area contributed by atoms with E-state index in [0.717, 1.165) is 9.13 Å². The predicted molar refractivity (Wildman–Crippen MR) is 79.0 cm³/mol. The highest BCUT2D eigenvalue weighted by Crippen LogP contribution is 2.26. The zero-order valence-electron chi connectivity index (χ0n) is 10.5. The molecule has 1 aromatic rings. The summed E-state index contributed by atoms with van der Waals surface area (Å²) in [5.74, 6) is 0. The van der Waals surface area contributed by atoms with Gasteiger partial charge in [0.25, 0.3) is 0 Å². The summed E-state index contributed by atoms with van der Waals surface area (Å²) in [7, 11) is -2.81. The van der Waals surface area contributed by atoms with Gasteiger partial charge in [-0.2, -0.15) is 13.1 Å². The summed E-state index contributed by atoms with van der Waals surface area (Å²) in [6.07, 6.45) is -0.560. The lowest BCUT2D eigenvalue weighted by Gasteiger charge is -2.25. The maximum absolute atomic E-state index is 10.9. The van der Waals surface area contributed by atoms with E-state index in [2.05, 4.69) is 27.3 Å². The molecule has 2 atom stereocenters. The Labute approximate surface area is 126 Å². The molecule has 1 rings (SSSR count). The van der Waals surface area contributed by atoms with Crippen LogP contribution in [-0.2, 0) is 19.8 Å². The fraction of sp³-hybridized carbons (Fsp3) is 0.455. The van der Waals surface area contributed by atoms with Crippen molar-refractivity contribution >= 4 is 32.9 Å². The van der Waals surface area contributed by atoms with Crippen LogP contribution >= 0.6 is 22.6 Å². The molecule has 0 aromatic heterocycles. The van der Waals surface area contributed by atoms with Crippen molar-refractivity contribution < 1.29 is 22.4 Å². The molecule has 0 radical (unpaired) electrons. The Kier molecular flexibility index (Phi) is 6.63. The topological polar surface area (TPSA) is 84.9 Å². The fourth-order valence-corrected chi connectivity index (χ4v) is 2.94. The van der Waals surface area contributed by atoms with Crippen LogP contribution in [0, 0.1) is 3.57 Å². The molecule has 19 heavy (non-hydrogen) atoms. The lowest BCUT2D eigenvalue weighted by Crippen LogP contribution is -2.38. The van der Waals surface area contributed by atoms with Gasteiger partial charge in [-0.15, -0.1) is 0 Å². The molecule has 0 fully saturated rings. The molecule has 0 bridgehead atoms. The molecule has 0 amide bonds. The second-order valence-electron chi connectivity index (χ2n) is 3.90. The number of benzene rings is 1. The highest BCUT2D eigenvalue weighted by Gasteiger charge is 2.25. The maximum atomic E-state index is 10.9. The quantitative estimate of drug-likeness (QED) is 0.413. The molecule has 8 heteroatoms. The Morgan fingerprint density at radius 3 is 2.58 bits per heavy atom. The van der Waals surface area contributed by atoms with Crippen LogP contribution in [0.25, 0.3) is 0 Å².